The smallest absolute Gasteiger partial charge is 0.251 e. The first-order valence-electron chi connectivity index (χ1n) is 7.66. The summed E-state index contributed by atoms with van der Waals surface area (Å²) in [6.45, 7) is 1.08. The molecule has 1 fully saturated rings. The van der Waals surface area contributed by atoms with Crippen molar-refractivity contribution in [1.82, 2.24) is 10.0 Å². The van der Waals surface area contributed by atoms with E-state index < -0.39 is 10.0 Å². The first-order valence-corrected chi connectivity index (χ1v) is 9.15. The van der Waals surface area contributed by atoms with Crippen LogP contribution in [0.5, 0.6) is 5.75 Å². The van der Waals surface area contributed by atoms with Gasteiger partial charge in [-0.05, 0) is 50.4 Å². The monoisotopic (exact) mass is 341 g/mol. The number of methoxy groups -OCH3 is 1. The maximum absolute atomic E-state index is 12.4. The summed E-state index contributed by atoms with van der Waals surface area (Å²) in [5.41, 5.74) is 5.69. The number of hydrogen-bond donors (Lipinski definition) is 3. The number of amides is 1. The Labute approximate surface area is 136 Å². The number of hydrogen-bond acceptors (Lipinski definition) is 5. The van der Waals surface area contributed by atoms with Crippen LogP contribution in [-0.2, 0) is 10.0 Å². The molecule has 8 heteroatoms. The van der Waals surface area contributed by atoms with E-state index in [1.165, 1.54) is 19.2 Å². The van der Waals surface area contributed by atoms with Gasteiger partial charge in [-0.2, -0.15) is 0 Å². The third-order valence-electron chi connectivity index (χ3n) is 3.53. The van der Waals surface area contributed by atoms with Crippen molar-refractivity contribution in [3.63, 3.8) is 0 Å². The van der Waals surface area contributed by atoms with Gasteiger partial charge in [0, 0.05) is 18.2 Å². The van der Waals surface area contributed by atoms with Crippen molar-refractivity contribution in [2.75, 3.05) is 20.2 Å². The lowest BCUT2D eigenvalue weighted by molar-refractivity contribution is 0.0953. The van der Waals surface area contributed by atoms with Gasteiger partial charge in [0.15, 0.2) is 0 Å². The Kier molecular flexibility index (Phi) is 5.97. The van der Waals surface area contributed by atoms with Gasteiger partial charge >= 0.3 is 0 Å². The molecule has 128 valence electrons. The number of nitrogens with one attached hydrogen (secondary N) is 2. The van der Waals surface area contributed by atoms with Crippen LogP contribution < -0.4 is 20.5 Å². The Morgan fingerprint density at radius 2 is 2.09 bits per heavy atom. The number of rotatable bonds is 9. The first kappa shape index (κ1) is 17.7. The largest absolute Gasteiger partial charge is 0.495 e. The van der Waals surface area contributed by atoms with E-state index in [0.717, 1.165) is 25.7 Å². The number of carbonyl (C=O) groups excluding carboxylic acids is 1. The molecule has 2 rings (SSSR count). The Balaban J connectivity index is 2.16. The standard InChI is InChI=1S/C15H23N3O4S/c1-22-13-7-4-11(15(19)17-9-3-2-8-16)10-14(13)23(20,21)18-12-5-6-12/h4,7,10,12,18H,2-3,5-6,8-9,16H2,1H3,(H,17,19). The summed E-state index contributed by atoms with van der Waals surface area (Å²) >= 11 is 0. The summed E-state index contributed by atoms with van der Waals surface area (Å²) in [4.78, 5) is 12.1. The molecule has 0 heterocycles. The Morgan fingerprint density at radius 3 is 2.70 bits per heavy atom. The molecule has 1 saturated carbocycles. The zero-order valence-electron chi connectivity index (χ0n) is 13.2. The quantitative estimate of drug-likeness (QED) is 0.570. The topological polar surface area (TPSA) is 111 Å². The molecule has 1 aromatic rings. The van der Waals surface area contributed by atoms with Crippen LogP contribution in [0.4, 0.5) is 0 Å². The third-order valence-corrected chi connectivity index (χ3v) is 5.07. The molecule has 0 radical (unpaired) electrons. The molecule has 1 aliphatic carbocycles. The first-order chi connectivity index (χ1) is 11.0. The third kappa shape index (κ3) is 4.92. The molecule has 0 unspecified atom stereocenters. The van der Waals surface area contributed by atoms with E-state index in [2.05, 4.69) is 10.0 Å². The fraction of sp³-hybridized carbons (Fsp3) is 0.533. The molecule has 1 amide bonds. The second-order valence-electron chi connectivity index (χ2n) is 5.51. The number of sulfonamides is 1. The van der Waals surface area contributed by atoms with E-state index in [4.69, 9.17) is 10.5 Å². The lowest BCUT2D eigenvalue weighted by atomic mass is 10.2. The van der Waals surface area contributed by atoms with Crippen molar-refractivity contribution in [3.05, 3.63) is 23.8 Å². The molecular weight excluding hydrogens is 318 g/mol. The number of unbranched alkanes of at least 4 members (excludes halogenated alkanes) is 1. The van der Waals surface area contributed by atoms with Crippen LogP contribution in [-0.4, -0.2) is 40.6 Å². The normalized spacial score (nSPS) is 14.5. The van der Waals surface area contributed by atoms with Gasteiger partial charge in [-0.15, -0.1) is 0 Å². The highest BCUT2D eigenvalue weighted by molar-refractivity contribution is 7.89. The van der Waals surface area contributed by atoms with Crippen LogP contribution in [0.1, 0.15) is 36.0 Å². The molecule has 4 N–H and O–H groups in total. The van der Waals surface area contributed by atoms with Crippen molar-refractivity contribution in [3.8, 4) is 5.75 Å². The van der Waals surface area contributed by atoms with E-state index >= 15 is 0 Å². The van der Waals surface area contributed by atoms with Crippen LogP contribution in [0.15, 0.2) is 23.1 Å². The Bertz CT molecular complexity index is 657. The number of benzene rings is 1. The van der Waals surface area contributed by atoms with Gasteiger partial charge in [-0.25, -0.2) is 13.1 Å². The van der Waals surface area contributed by atoms with E-state index in [0.29, 0.717) is 13.1 Å². The van der Waals surface area contributed by atoms with Gasteiger partial charge < -0.3 is 15.8 Å². The minimum absolute atomic E-state index is 0.0125. The van der Waals surface area contributed by atoms with Crippen molar-refractivity contribution in [2.24, 2.45) is 5.73 Å². The zero-order valence-corrected chi connectivity index (χ0v) is 14.0. The number of carbonyl (C=O) groups is 1. The average molecular weight is 341 g/mol. The van der Waals surface area contributed by atoms with Crippen molar-refractivity contribution in [2.45, 2.75) is 36.6 Å². The molecule has 0 saturated heterocycles. The van der Waals surface area contributed by atoms with Gasteiger partial charge in [0.25, 0.3) is 5.91 Å². The molecule has 23 heavy (non-hydrogen) atoms. The molecule has 7 nitrogen and oxygen atoms in total. The van der Waals surface area contributed by atoms with Crippen molar-refractivity contribution < 1.29 is 17.9 Å². The second-order valence-corrected chi connectivity index (χ2v) is 7.20. The molecular formula is C15H23N3O4S. The van der Waals surface area contributed by atoms with Crippen LogP contribution in [0.3, 0.4) is 0 Å². The maximum Gasteiger partial charge on any atom is 0.251 e. The molecule has 0 aliphatic heterocycles. The molecule has 0 bridgehead atoms. The summed E-state index contributed by atoms with van der Waals surface area (Å²) in [6.07, 6.45) is 3.28. The maximum atomic E-state index is 12.4. The minimum Gasteiger partial charge on any atom is -0.495 e. The summed E-state index contributed by atoms with van der Waals surface area (Å²) in [6, 6.07) is 4.38. The highest BCUT2D eigenvalue weighted by Gasteiger charge is 2.30. The lowest BCUT2D eigenvalue weighted by Gasteiger charge is -2.12. The van der Waals surface area contributed by atoms with Gasteiger partial charge in [0.2, 0.25) is 10.0 Å². The predicted octanol–water partition coefficient (Wildman–Crippen LogP) is 0.605. The summed E-state index contributed by atoms with van der Waals surface area (Å²) in [5.74, 6) is -0.0922. The van der Waals surface area contributed by atoms with Crippen LogP contribution in [0.2, 0.25) is 0 Å². The van der Waals surface area contributed by atoms with E-state index in [1.807, 2.05) is 0 Å². The van der Waals surface area contributed by atoms with Gasteiger partial charge in [-0.1, -0.05) is 0 Å². The predicted molar refractivity (Wildman–Crippen MR) is 87.0 cm³/mol. The minimum atomic E-state index is -3.70. The highest BCUT2D eigenvalue weighted by atomic mass is 32.2. The Hall–Kier alpha value is -1.64. The number of ether oxygens (including phenoxy) is 1. The Morgan fingerprint density at radius 1 is 1.35 bits per heavy atom. The fourth-order valence-electron chi connectivity index (χ4n) is 2.09. The van der Waals surface area contributed by atoms with Gasteiger partial charge in [0.05, 0.1) is 7.11 Å². The number of nitrogens with two attached hydrogens (primary N) is 1. The summed E-state index contributed by atoms with van der Waals surface area (Å²) in [7, 11) is -2.30. The summed E-state index contributed by atoms with van der Waals surface area (Å²) < 4.78 is 32.5. The molecule has 0 spiro atoms. The summed E-state index contributed by atoms with van der Waals surface area (Å²) in [5, 5.41) is 2.75. The molecule has 1 aliphatic rings. The van der Waals surface area contributed by atoms with Crippen LogP contribution in [0.25, 0.3) is 0 Å². The van der Waals surface area contributed by atoms with E-state index in [9.17, 15) is 13.2 Å². The zero-order chi connectivity index (χ0) is 16.9. The highest BCUT2D eigenvalue weighted by Crippen LogP contribution is 2.28. The van der Waals surface area contributed by atoms with Crippen molar-refractivity contribution >= 4 is 15.9 Å². The van der Waals surface area contributed by atoms with E-state index in [-0.39, 0.29) is 28.2 Å². The van der Waals surface area contributed by atoms with Crippen LogP contribution >= 0.6 is 0 Å². The van der Waals surface area contributed by atoms with Gasteiger partial charge in [0.1, 0.15) is 10.6 Å². The fourth-order valence-corrected chi connectivity index (χ4v) is 3.59. The molecule has 0 atom stereocenters. The molecule has 0 aromatic heterocycles. The lowest BCUT2D eigenvalue weighted by Crippen LogP contribution is -2.28. The van der Waals surface area contributed by atoms with E-state index in [1.54, 1.807) is 6.07 Å². The second kappa shape index (κ2) is 7.76. The average Bonchev–Trinajstić information content (AvgIpc) is 3.34. The van der Waals surface area contributed by atoms with Gasteiger partial charge in [-0.3, -0.25) is 4.79 Å². The SMILES string of the molecule is COc1ccc(C(=O)NCCCCN)cc1S(=O)(=O)NC1CC1. The van der Waals surface area contributed by atoms with Crippen molar-refractivity contribution in [1.29, 1.82) is 0 Å². The molecule has 1 aromatic carbocycles. The van der Waals surface area contributed by atoms with Crippen LogP contribution in [0, 0.1) is 0 Å².